The van der Waals surface area contributed by atoms with Crippen molar-refractivity contribution in [1.29, 1.82) is 0 Å². The van der Waals surface area contributed by atoms with Crippen molar-refractivity contribution >= 4 is 28.7 Å². The van der Waals surface area contributed by atoms with Gasteiger partial charge in [-0.25, -0.2) is 4.79 Å². The number of benzene rings is 1. The van der Waals surface area contributed by atoms with Crippen LogP contribution in [0.1, 0.15) is 42.5 Å². The molecule has 2 aromatic heterocycles. The fourth-order valence-corrected chi connectivity index (χ4v) is 4.33. The Labute approximate surface area is 178 Å². The molecule has 8 nitrogen and oxygen atoms in total. The second kappa shape index (κ2) is 7.75. The highest BCUT2D eigenvalue weighted by molar-refractivity contribution is 6.29. The summed E-state index contributed by atoms with van der Waals surface area (Å²) >= 11 is 6.20. The molecule has 0 fully saturated rings. The molecule has 30 heavy (non-hydrogen) atoms. The van der Waals surface area contributed by atoms with Gasteiger partial charge in [0.15, 0.2) is 11.2 Å². The third-order valence-electron chi connectivity index (χ3n) is 5.85. The molecule has 0 unspecified atom stereocenters. The van der Waals surface area contributed by atoms with Crippen LogP contribution in [0.25, 0.3) is 11.2 Å². The average molecular weight is 430 g/mol. The van der Waals surface area contributed by atoms with Gasteiger partial charge in [-0.3, -0.25) is 23.3 Å². The van der Waals surface area contributed by atoms with Crippen LogP contribution in [-0.2, 0) is 38.3 Å². The topological polar surface area (TPSA) is 90.9 Å². The lowest BCUT2D eigenvalue weighted by molar-refractivity contribution is -0.122. The van der Waals surface area contributed by atoms with Gasteiger partial charge in [0.2, 0.25) is 11.2 Å². The van der Waals surface area contributed by atoms with Crippen LogP contribution in [0.2, 0.25) is 5.28 Å². The first-order chi connectivity index (χ1) is 14.3. The van der Waals surface area contributed by atoms with E-state index in [1.54, 1.807) is 0 Å². The SMILES string of the molecule is C[C@@H](NC(=O)Cn1c(Cl)nc2c1c(=O)n(C)c(=O)n2C)c1ccc2c(c1)CCCC2. The van der Waals surface area contributed by atoms with E-state index in [1.807, 2.05) is 6.92 Å². The lowest BCUT2D eigenvalue weighted by Crippen LogP contribution is -2.38. The van der Waals surface area contributed by atoms with Crippen LogP contribution in [0.4, 0.5) is 0 Å². The molecule has 0 bridgehead atoms. The first kappa shape index (κ1) is 20.4. The van der Waals surface area contributed by atoms with Crippen molar-refractivity contribution in [2.45, 2.75) is 45.2 Å². The summed E-state index contributed by atoms with van der Waals surface area (Å²) in [5.41, 5.74) is 3.03. The number of aryl methyl sites for hydroxylation is 3. The van der Waals surface area contributed by atoms with Gasteiger partial charge in [-0.1, -0.05) is 18.2 Å². The Balaban J connectivity index is 1.59. The highest BCUT2D eigenvalue weighted by Gasteiger charge is 2.21. The van der Waals surface area contributed by atoms with E-state index in [2.05, 4.69) is 28.5 Å². The quantitative estimate of drug-likeness (QED) is 0.641. The predicted octanol–water partition coefficient (Wildman–Crippen LogP) is 1.84. The molecule has 0 saturated heterocycles. The molecule has 3 aromatic rings. The summed E-state index contributed by atoms with van der Waals surface area (Å²) in [5, 5.41) is 2.96. The van der Waals surface area contributed by atoms with Crippen molar-refractivity contribution in [3.63, 3.8) is 0 Å². The molecule has 1 amide bonds. The average Bonchev–Trinajstić information content (AvgIpc) is 3.06. The maximum Gasteiger partial charge on any atom is 0.332 e. The number of nitrogens with zero attached hydrogens (tertiary/aromatic N) is 4. The smallest absolute Gasteiger partial charge is 0.332 e. The molecule has 1 aliphatic rings. The van der Waals surface area contributed by atoms with E-state index in [0.29, 0.717) is 0 Å². The minimum Gasteiger partial charge on any atom is -0.348 e. The van der Waals surface area contributed by atoms with Crippen LogP contribution >= 0.6 is 11.6 Å². The van der Waals surface area contributed by atoms with E-state index in [9.17, 15) is 14.4 Å². The van der Waals surface area contributed by atoms with Crippen LogP contribution in [0.15, 0.2) is 27.8 Å². The number of nitrogens with one attached hydrogen (secondary N) is 1. The number of fused-ring (bicyclic) bond motifs is 2. The number of hydrogen-bond donors (Lipinski definition) is 1. The molecule has 158 valence electrons. The molecule has 4 rings (SSSR count). The third-order valence-corrected chi connectivity index (χ3v) is 6.14. The normalized spacial score (nSPS) is 14.5. The van der Waals surface area contributed by atoms with Crippen LogP contribution in [0.3, 0.4) is 0 Å². The Morgan fingerprint density at radius 1 is 1.17 bits per heavy atom. The first-order valence-electron chi connectivity index (χ1n) is 10.0. The van der Waals surface area contributed by atoms with Gasteiger partial charge in [-0.05, 0) is 60.9 Å². The number of halogens is 1. The molecule has 0 spiro atoms. The number of amides is 1. The lowest BCUT2D eigenvalue weighted by atomic mass is 9.89. The second-order valence-electron chi connectivity index (χ2n) is 7.87. The van der Waals surface area contributed by atoms with Crippen LogP contribution in [0.5, 0.6) is 0 Å². The van der Waals surface area contributed by atoms with Crippen molar-refractivity contribution in [2.24, 2.45) is 14.1 Å². The van der Waals surface area contributed by atoms with Crippen molar-refractivity contribution < 1.29 is 4.79 Å². The molecule has 2 heterocycles. The maximum atomic E-state index is 12.7. The second-order valence-corrected chi connectivity index (χ2v) is 8.21. The van der Waals surface area contributed by atoms with E-state index < -0.39 is 11.2 Å². The summed E-state index contributed by atoms with van der Waals surface area (Å²) in [6.07, 6.45) is 4.60. The molecular weight excluding hydrogens is 406 g/mol. The molecule has 1 aliphatic carbocycles. The number of imidazole rings is 1. The molecular formula is C21H24ClN5O3. The molecule has 1 aromatic carbocycles. The number of rotatable bonds is 4. The Bertz CT molecular complexity index is 1270. The zero-order valence-electron chi connectivity index (χ0n) is 17.2. The summed E-state index contributed by atoms with van der Waals surface area (Å²) in [4.78, 5) is 41.5. The van der Waals surface area contributed by atoms with Crippen molar-refractivity contribution in [3.05, 3.63) is 61.0 Å². The highest BCUT2D eigenvalue weighted by Crippen LogP contribution is 2.25. The molecule has 1 atom stereocenters. The largest absolute Gasteiger partial charge is 0.348 e. The minimum atomic E-state index is -0.539. The molecule has 0 saturated carbocycles. The van der Waals surface area contributed by atoms with Gasteiger partial charge in [-0.15, -0.1) is 0 Å². The van der Waals surface area contributed by atoms with Crippen LogP contribution < -0.4 is 16.6 Å². The molecule has 9 heteroatoms. The summed E-state index contributed by atoms with van der Waals surface area (Å²) in [5.74, 6) is -0.294. The zero-order valence-corrected chi connectivity index (χ0v) is 18.0. The van der Waals surface area contributed by atoms with Gasteiger partial charge >= 0.3 is 5.69 Å². The Morgan fingerprint density at radius 3 is 2.60 bits per heavy atom. The molecule has 1 N–H and O–H groups in total. The fourth-order valence-electron chi connectivity index (χ4n) is 4.10. The van der Waals surface area contributed by atoms with Gasteiger partial charge in [0.25, 0.3) is 5.56 Å². The summed E-state index contributed by atoms with van der Waals surface area (Å²) < 4.78 is 3.56. The Hall–Kier alpha value is -2.87. The van der Waals surface area contributed by atoms with Gasteiger partial charge in [0.05, 0.1) is 6.04 Å². The molecule has 0 aliphatic heterocycles. The maximum absolute atomic E-state index is 12.7. The number of carbonyl (C=O) groups is 1. The number of hydrogen-bond acceptors (Lipinski definition) is 4. The van der Waals surface area contributed by atoms with E-state index in [1.165, 1.54) is 47.2 Å². The van der Waals surface area contributed by atoms with E-state index in [-0.39, 0.29) is 34.9 Å². The van der Waals surface area contributed by atoms with E-state index in [4.69, 9.17) is 11.6 Å². The van der Waals surface area contributed by atoms with Gasteiger partial charge in [0.1, 0.15) is 6.54 Å². The zero-order chi connectivity index (χ0) is 21.6. The minimum absolute atomic E-state index is 0.0140. The van der Waals surface area contributed by atoms with Crippen molar-refractivity contribution in [1.82, 2.24) is 24.0 Å². The van der Waals surface area contributed by atoms with Crippen LogP contribution in [0, 0.1) is 0 Å². The van der Waals surface area contributed by atoms with E-state index >= 15 is 0 Å². The highest BCUT2D eigenvalue weighted by atomic mass is 35.5. The number of aromatic nitrogens is 4. The van der Waals surface area contributed by atoms with Crippen molar-refractivity contribution in [3.8, 4) is 0 Å². The third kappa shape index (κ3) is 3.45. The van der Waals surface area contributed by atoms with Crippen molar-refractivity contribution in [2.75, 3.05) is 0 Å². The van der Waals surface area contributed by atoms with E-state index in [0.717, 1.165) is 23.0 Å². The van der Waals surface area contributed by atoms with Crippen LogP contribution in [-0.4, -0.2) is 24.6 Å². The van der Waals surface area contributed by atoms with Gasteiger partial charge in [-0.2, -0.15) is 4.98 Å². The fraction of sp³-hybridized carbons (Fsp3) is 0.429. The first-order valence-corrected chi connectivity index (χ1v) is 10.4. The Morgan fingerprint density at radius 2 is 1.87 bits per heavy atom. The van der Waals surface area contributed by atoms with Gasteiger partial charge in [0, 0.05) is 14.1 Å². The lowest BCUT2D eigenvalue weighted by Gasteiger charge is -2.20. The standard InChI is InChI=1S/C21H24ClN5O3/c1-12(14-9-8-13-6-4-5-7-15(13)10-14)23-16(28)11-27-17-18(24-20(27)22)25(2)21(30)26(3)19(17)29/h8-10,12H,4-7,11H2,1-3H3,(H,23,28)/t12-/m1/s1. The molecule has 0 radical (unpaired) electrons. The summed E-state index contributed by atoms with van der Waals surface area (Å²) in [6, 6.07) is 6.19. The Kier molecular flexibility index (Phi) is 5.27. The predicted molar refractivity (Wildman–Crippen MR) is 115 cm³/mol. The number of carbonyl (C=O) groups excluding carboxylic acids is 1. The van der Waals surface area contributed by atoms with Gasteiger partial charge < -0.3 is 5.32 Å². The summed E-state index contributed by atoms with van der Waals surface area (Å²) in [7, 11) is 2.89. The summed E-state index contributed by atoms with van der Waals surface area (Å²) in [6.45, 7) is 1.76. The monoisotopic (exact) mass is 429 g/mol.